The van der Waals surface area contributed by atoms with Crippen LogP contribution >= 0.6 is 0 Å². The van der Waals surface area contributed by atoms with E-state index in [1.165, 1.54) is 31.2 Å². The molecule has 1 aromatic rings. The van der Waals surface area contributed by atoms with Gasteiger partial charge in [-0.3, -0.25) is 0 Å². The lowest BCUT2D eigenvalue weighted by Gasteiger charge is -2.25. The van der Waals surface area contributed by atoms with Crippen LogP contribution in [-0.4, -0.2) is 5.11 Å². The zero-order chi connectivity index (χ0) is 12.0. The minimum absolute atomic E-state index is 0.364. The monoisotopic (exact) mass is 220 g/mol. The normalized spacial score (nSPS) is 13.0. The van der Waals surface area contributed by atoms with Gasteiger partial charge in [0.15, 0.2) is 0 Å². The number of rotatable bonds is 6. The number of hydrogen-bond donors (Lipinski definition) is 1. The van der Waals surface area contributed by atoms with Crippen LogP contribution < -0.4 is 0 Å². The van der Waals surface area contributed by atoms with Crippen LogP contribution in [-0.2, 0) is 0 Å². The molecule has 0 radical (unpaired) electrons. The third-order valence-electron chi connectivity index (χ3n) is 3.54. The Labute approximate surface area is 99.5 Å². The minimum Gasteiger partial charge on any atom is -0.508 e. The van der Waals surface area contributed by atoms with E-state index in [4.69, 9.17) is 0 Å². The fourth-order valence-corrected chi connectivity index (χ4v) is 2.56. The molecule has 1 N–H and O–H groups in total. The molecule has 1 nitrogen and oxygen atoms in total. The standard InChI is InChI=1S/C15H24O/c1-4-7-15(12(5-2)6-3)13-8-10-14(16)11-9-13/h8-12,15-16H,4-7H2,1-3H3. The fourth-order valence-electron chi connectivity index (χ4n) is 2.56. The van der Waals surface area contributed by atoms with Crippen molar-refractivity contribution in [2.75, 3.05) is 0 Å². The van der Waals surface area contributed by atoms with E-state index < -0.39 is 0 Å². The first-order valence-electron chi connectivity index (χ1n) is 6.51. The average Bonchev–Trinajstić information content (AvgIpc) is 2.31. The maximum Gasteiger partial charge on any atom is 0.115 e. The molecule has 1 rings (SSSR count). The zero-order valence-electron chi connectivity index (χ0n) is 10.7. The van der Waals surface area contributed by atoms with Gasteiger partial charge in [0, 0.05) is 0 Å². The lowest BCUT2D eigenvalue weighted by molar-refractivity contribution is 0.375. The van der Waals surface area contributed by atoms with Gasteiger partial charge < -0.3 is 5.11 Å². The van der Waals surface area contributed by atoms with Crippen molar-refractivity contribution in [3.8, 4) is 5.75 Å². The summed E-state index contributed by atoms with van der Waals surface area (Å²) in [6, 6.07) is 7.77. The van der Waals surface area contributed by atoms with Crippen molar-refractivity contribution in [1.82, 2.24) is 0 Å². The highest BCUT2D eigenvalue weighted by atomic mass is 16.3. The molecule has 0 aliphatic rings. The molecule has 0 aliphatic carbocycles. The van der Waals surface area contributed by atoms with Crippen LogP contribution in [0.25, 0.3) is 0 Å². The molecular weight excluding hydrogens is 196 g/mol. The fraction of sp³-hybridized carbons (Fsp3) is 0.600. The van der Waals surface area contributed by atoms with Crippen LogP contribution in [0.3, 0.4) is 0 Å². The molecule has 0 saturated carbocycles. The quantitative estimate of drug-likeness (QED) is 0.736. The molecule has 0 aromatic heterocycles. The zero-order valence-corrected chi connectivity index (χ0v) is 10.7. The van der Waals surface area contributed by atoms with Gasteiger partial charge in [-0.05, 0) is 36.0 Å². The van der Waals surface area contributed by atoms with Gasteiger partial charge in [0.2, 0.25) is 0 Å². The summed E-state index contributed by atoms with van der Waals surface area (Å²) >= 11 is 0. The summed E-state index contributed by atoms with van der Waals surface area (Å²) < 4.78 is 0. The van der Waals surface area contributed by atoms with E-state index >= 15 is 0 Å². The Kier molecular flexibility index (Phi) is 5.37. The molecular formula is C15H24O. The smallest absolute Gasteiger partial charge is 0.115 e. The van der Waals surface area contributed by atoms with Gasteiger partial charge in [-0.2, -0.15) is 0 Å². The van der Waals surface area contributed by atoms with Crippen molar-refractivity contribution in [2.24, 2.45) is 5.92 Å². The van der Waals surface area contributed by atoms with E-state index in [0.29, 0.717) is 11.7 Å². The molecule has 0 heterocycles. The van der Waals surface area contributed by atoms with Crippen molar-refractivity contribution < 1.29 is 5.11 Å². The third-order valence-corrected chi connectivity index (χ3v) is 3.54. The van der Waals surface area contributed by atoms with Crippen LogP contribution in [0.4, 0.5) is 0 Å². The predicted octanol–water partition coefficient (Wildman–Crippen LogP) is 4.71. The summed E-state index contributed by atoms with van der Waals surface area (Å²) in [6.07, 6.45) is 4.95. The van der Waals surface area contributed by atoms with Crippen molar-refractivity contribution >= 4 is 0 Å². The summed E-state index contributed by atoms with van der Waals surface area (Å²) in [5.74, 6) is 1.79. The topological polar surface area (TPSA) is 20.2 Å². The van der Waals surface area contributed by atoms with Gasteiger partial charge in [0.25, 0.3) is 0 Å². The Bertz CT molecular complexity index is 285. The van der Waals surface area contributed by atoms with Gasteiger partial charge in [-0.1, -0.05) is 52.2 Å². The van der Waals surface area contributed by atoms with Crippen LogP contribution in [0.2, 0.25) is 0 Å². The van der Waals surface area contributed by atoms with Crippen LogP contribution in [0.15, 0.2) is 24.3 Å². The predicted molar refractivity (Wildman–Crippen MR) is 69.8 cm³/mol. The summed E-state index contributed by atoms with van der Waals surface area (Å²) in [5.41, 5.74) is 1.38. The highest BCUT2D eigenvalue weighted by Crippen LogP contribution is 2.34. The molecule has 90 valence electrons. The number of aromatic hydroxyl groups is 1. The second-order valence-electron chi connectivity index (χ2n) is 4.56. The van der Waals surface area contributed by atoms with Gasteiger partial charge in [0.05, 0.1) is 0 Å². The minimum atomic E-state index is 0.364. The second-order valence-corrected chi connectivity index (χ2v) is 4.56. The Morgan fingerprint density at radius 1 is 1.00 bits per heavy atom. The summed E-state index contributed by atoms with van der Waals surface area (Å²) in [5, 5.41) is 9.32. The summed E-state index contributed by atoms with van der Waals surface area (Å²) in [7, 11) is 0. The number of phenolic OH excluding ortho intramolecular Hbond substituents is 1. The molecule has 16 heavy (non-hydrogen) atoms. The van der Waals surface area contributed by atoms with Gasteiger partial charge in [0.1, 0.15) is 5.75 Å². The van der Waals surface area contributed by atoms with Crippen LogP contribution in [0, 0.1) is 5.92 Å². The maximum absolute atomic E-state index is 9.32. The highest BCUT2D eigenvalue weighted by molar-refractivity contribution is 5.28. The van der Waals surface area contributed by atoms with Gasteiger partial charge >= 0.3 is 0 Å². The van der Waals surface area contributed by atoms with E-state index in [2.05, 4.69) is 32.9 Å². The van der Waals surface area contributed by atoms with E-state index in [-0.39, 0.29) is 0 Å². The summed E-state index contributed by atoms with van der Waals surface area (Å²) in [6.45, 7) is 6.80. The first-order chi connectivity index (χ1) is 7.72. The Balaban J connectivity index is 2.87. The van der Waals surface area contributed by atoms with Crippen molar-refractivity contribution in [3.05, 3.63) is 29.8 Å². The first kappa shape index (κ1) is 13.1. The lowest BCUT2D eigenvalue weighted by Crippen LogP contribution is -2.11. The van der Waals surface area contributed by atoms with Crippen molar-refractivity contribution in [3.63, 3.8) is 0 Å². The second kappa shape index (κ2) is 6.57. The van der Waals surface area contributed by atoms with Gasteiger partial charge in [-0.25, -0.2) is 0 Å². The van der Waals surface area contributed by atoms with E-state index in [0.717, 1.165) is 5.92 Å². The molecule has 1 atom stereocenters. The average molecular weight is 220 g/mol. The molecule has 0 bridgehead atoms. The molecule has 1 aromatic carbocycles. The number of hydrogen-bond acceptors (Lipinski definition) is 1. The lowest BCUT2D eigenvalue weighted by atomic mass is 9.80. The Morgan fingerprint density at radius 2 is 1.56 bits per heavy atom. The van der Waals surface area contributed by atoms with Gasteiger partial charge in [-0.15, -0.1) is 0 Å². The molecule has 0 amide bonds. The molecule has 0 saturated heterocycles. The SMILES string of the molecule is CCCC(c1ccc(O)cc1)C(CC)CC. The van der Waals surface area contributed by atoms with Crippen LogP contribution in [0.5, 0.6) is 5.75 Å². The van der Waals surface area contributed by atoms with Crippen molar-refractivity contribution in [2.45, 2.75) is 52.4 Å². The highest BCUT2D eigenvalue weighted by Gasteiger charge is 2.19. The Morgan fingerprint density at radius 3 is 2.00 bits per heavy atom. The van der Waals surface area contributed by atoms with E-state index in [9.17, 15) is 5.11 Å². The Hall–Kier alpha value is -0.980. The van der Waals surface area contributed by atoms with E-state index in [1.807, 2.05) is 0 Å². The summed E-state index contributed by atoms with van der Waals surface area (Å²) in [4.78, 5) is 0. The molecule has 1 heteroatoms. The number of phenols is 1. The maximum atomic E-state index is 9.32. The number of benzene rings is 1. The molecule has 1 unspecified atom stereocenters. The van der Waals surface area contributed by atoms with Crippen molar-refractivity contribution in [1.29, 1.82) is 0 Å². The molecule has 0 fully saturated rings. The van der Waals surface area contributed by atoms with Crippen LogP contribution in [0.1, 0.15) is 57.9 Å². The molecule has 0 spiro atoms. The largest absolute Gasteiger partial charge is 0.508 e. The first-order valence-corrected chi connectivity index (χ1v) is 6.51. The van der Waals surface area contributed by atoms with E-state index in [1.54, 1.807) is 12.1 Å². The molecule has 0 aliphatic heterocycles. The third kappa shape index (κ3) is 3.26.